The molecule has 0 saturated heterocycles. The van der Waals surface area contributed by atoms with Gasteiger partial charge in [-0.25, -0.2) is 23.7 Å². The molecule has 0 aliphatic heterocycles. The fourth-order valence-corrected chi connectivity index (χ4v) is 5.16. The summed E-state index contributed by atoms with van der Waals surface area (Å²) in [5.41, 5.74) is 5.52. The minimum absolute atomic E-state index is 0.0646. The molecule has 198 valence electrons. The number of aryl methyl sites for hydroxylation is 3. The van der Waals surface area contributed by atoms with Crippen molar-refractivity contribution in [2.24, 2.45) is 0 Å². The lowest BCUT2D eigenvalue weighted by molar-refractivity contribution is 0.603. The lowest BCUT2D eigenvalue weighted by Gasteiger charge is -2.03. The van der Waals surface area contributed by atoms with E-state index < -0.39 is 11.6 Å². The van der Waals surface area contributed by atoms with Gasteiger partial charge in [-0.05, 0) is 45.0 Å². The fraction of sp³-hybridized carbons (Fsp3) is 0.115. The first-order chi connectivity index (χ1) is 18.9. The van der Waals surface area contributed by atoms with Crippen molar-refractivity contribution in [2.45, 2.75) is 20.8 Å². The molecular formula is C26H23F2N9S2. The molecule has 0 radical (unpaired) electrons. The van der Waals surface area contributed by atoms with Crippen molar-refractivity contribution >= 4 is 44.4 Å². The van der Waals surface area contributed by atoms with Gasteiger partial charge in [0.2, 0.25) is 0 Å². The summed E-state index contributed by atoms with van der Waals surface area (Å²) in [6.45, 7) is 5.91. The number of benzene rings is 1. The molecule has 0 aliphatic carbocycles. The Morgan fingerprint density at radius 2 is 1.77 bits per heavy atom. The summed E-state index contributed by atoms with van der Waals surface area (Å²) in [7, 11) is 0. The van der Waals surface area contributed by atoms with Gasteiger partial charge < -0.3 is 10.6 Å². The van der Waals surface area contributed by atoms with Crippen LogP contribution in [0.15, 0.2) is 60.4 Å². The number of aromatic amines is 2. The van der Waals surface area contributed by atoms with Gasteiger partial charge >= 0.3 is 0 Å². The van der Waals surface area contributed by atoms with E-state index in [1.54, 1.807) is 23.7 Å². The van der Waals surface area contributed by atoms with Crippen molar-refractivity contribution in [3.05, 3.63) is 88.3 Å². The van der Waals surface area contributed by atoms with Crippen LogP contribution >= 0.6 is 22.7 Å². The van der Waals surface area contributed by atoms with Crippen molar-refractivity contribution in [1.29, 1.82) is 0 Å². The summed E-state index contributed by atoms with van der Waals surface area (Å²) in [6, 6.07) is 9.12. The van der Waals surface area contributed by atoms with Crippen molar-refractivity contribution in [3.8, 4) is 22.5 Å². The van der Waals surface area contributed by atoms with Gasteiger partial charge in [0.05, 0.1) is 29.5 Å². The second-order valence-electron chi connectivity index (χ2n) is 8.40. The van der Waals surface area contributed by atoms with Crippen LogP contribution in [0.2, 0.25) is 0 Å². The Morgan fingerprint density at radius 1 is 0.897 bits per heavy atom. The van der Waals surface area contributed by atoms with Gasteiger partial charge in [-0.2, -0.15) is 10.2 Å². The first kappa shape index (κ1) is 26.1. The number of halogens is 2. The molecule has 0 atom stereocenters. The smallest absolute Gasteiger partial charge is 0.189 e. The molecule has 5 heterocycles. The Balaban J connectivity index is 0.000000158. The second-order valence-corrected chi connectivity index (χ2v) is 10.5. The minimum atomic E-state index is -0.525. The molecule has 6 rings (SSSR count). The van der Waals surface area contributed by atoms with Crippen LogP contribution in [0.4, 0.5) is 30.5 Å². The number of thiazole rings is 2. The van der Waals surface area contributed by atoms with Crippen molar-refractivity contribution in [2.75, 3.05) is 10.6 Å². The van der Waals surface area contributed by atoms with E-state index in [9.17, 15) is 8.78 Å². The Bertz CT molecular complexity index is 1690. The Labute approximate surface area is 230 Å². The van der Waals surface area contributed by atoms with Gasteiger partial charge in [0.15, 0.2) is 10.3 Å². The molecule has 13 heteroatoms. The molecule has 0 fully saturated rings. The standard InChI is InChI=1S/C13H10F2N4S.C13H13N5S/c1-7-9(5-16-19-7)12-6-20-13(18-12)17-11-4-8(14)2-3-10(11)15;1-8-4-3-5-11(16-8)17-13-18-12(9(2)19-13)10-6-14-15-7-10/h2-6H,1H3,(H,16,19)(H,17,18);3-7H,1-2H3,(H,14,15)(H,16,17,18). The molecule has 0 saturated carbocycles. The molecule has 39 heavy (non-hydrogen) atoms. The summed E-state index contributed by atoms with van der Waals surface area (Å²) in [6.07, 6.45) is 5.30. The van der Waals surface area contributed by atoms with Crippen LogP contribution in [0.5, 0.6) is 0 Å². The minimum Gasteiger partial charge on any atom is -0.329 e. The Morgan fingerprint density at radius 3 is 2.51 bits per heavy atom. The lowest BCUT2D eigenvalue weighted by atomic mass is 10.2. The maximum atomic E-state index is 13.5. The summed E-state index contributed by atoms with van der Waals surface area (Å²) in [4.78, 5) is 14.5. The monoisotopic (exact) mass is 563 g/mol. The summed E-state index contributed by atoms with van der Waals surface area (Å²) in [5, 5.41) is 22.7. The van der Waals surface area contributed by atoms with Gasteiger partial charge in [-0.1, -0.05) is 6.07 Å². The van der Waals surface area contributed by atoms with E-state index in [4.69, 9.17) is 0 Å². The molecule has 4 N–H and O–H groups in total. The van der Waals surface area contributed by atoms with Crippen LogP contribution in [0.1, 0.15) is 16.3 Å². The predicted octanol–water partition coefficient (Wildman–Crippen LogP) is 7.15. The first-order valence-electron chi connectivity index (χ1n) is 11.7. The molecule has 0 aliphatic rings. The van der Waals surface area contributed by atoms with E-state index in [1.165, 1.54) is 11.3 Å². The van der Waals surface area contributed by atoms with Crippen molar-refractivity contribution in [1.82, 2.24) is 35.3 Å². The number of hydrogen-bond donors (Lipinski definition) is 4. The SMILES string of the molecule is Cc1[nH]ncc1-c1csc(Nc2cc(F)ccc2F)n1.Cc1cccc(Nc2nc(-c3cn[nH]c3)c(C)s2)n1. The van der Waals surface area contributed by atoms with E-state index in [-0.39, 0.29) is 5.69 Å². The average molecular weight is 564 g/mol. The van der Waals surface area contributed by atoms with Crippen molar-refractivity contribution < 1.29 is 8.78 Å². The molecule has 6 aromatic rings. The molecule has 1 aromatic carbocycles. The van der Waals surface area contributed by atoms with Crippen LogP contribution in [0.25, 0.3) is 22.5 Å². The van der Waals surface area contributed by atoms with E-state index in [1.807, 2.05) is 43.6 Å². The molecule has 0 unspecified atom stereocenters. The molecule has 0 amide bonds. The predicted molar refractivity (Wildman–Crippen MR) is 151 cm³/mol. The quantitative estimate of drug-likeness (QED) is 0.170. The van der Waals surface area contributed by atoms with E-state index >= 15 is 0 Å². The largest absolute Gasteiger partial charge is 0.329 e. The van der Waals surface area contributed by atoms with Gasteiger partial charge in [0.1, 0.15) is 17.5 Å². The van der Waals surface area contributed by atoms with Crippen LogP contribution in [0, 0.1) is 32.4 Å². The van der Waals surface area contributed by atoms with Gasteiger partial charge in [-0.15, -0.1) is 22.7 Å². The number of nitrogens with one attached hydrogen (secondary N) is 4. The van der Waals surface area contributed by atoms with Crippen LogP contribution in [-0.4, -0.2) is 35.3 Å². The number of rotatable bonds is 6. The molecule has 0 bridgehead atoms. The molecular weight excluding hydrogens is 540 g/mol. The molecule has 5 aromatic heterocycles. The third-order valence-electron chi connectivity index (χ3n) is 5.47. The summed E-state index contributed by atoms with van der Waals surface area (Å²) in [5.74, 6) is -0.216. The second kappa shape index (κ2) is 11.5. The Kier molecular flexibility index (Phi) is 7.70. The topological polar surface area (TPSA) is 120 Å². The number of aromatic nitrogens is 7. The number of pyridine rings is 1. The molecule has 9 nitrogen and oxygen atoms in total. The number of hydrogen-bond acceptors (Lipinski definition) is 9. The highest BCUT2D eigenvalue weighted by molar-refractivity contribution is 7.16. The van der Waals surface area contributed by atoms with E-state index in [2.05, 4.69) is 52.9 Å². The number of nitrogens with zero attached hydrogens (tertiary/aromatic N) is 5. The zero-order valence-electron chi connectivity index (χ0n) is 21.1. The molecule has 0 spiro atoms. The zero-order chi connectivity index (χ0) is 27.4. The first-order valence-corrected chi connectivity index (χ1v) is 13.4. The maximum Gasteiger partial charge on any atom is 0.189 e. The highest BCUT2D eigenvalue weighted by Gasteiger charge is 2.12. The third kappa shape index (κ3) is 6.33. The van der Waals surface area contributed by atoms with E-state index in [0.29, 0.717) is 5.13 Å². The zero-order valence-corrected chi connectivity index (χ0v) is 22.7. The van der Waals surface area contributed by atoms with Crippen molar-refractivity contribution in [3.63, 3.8) is 0 Å². The van der Waals surface area contributed by atoms with Crippen LogP contribution in [0.3, 0.4) is 0 Å². The lowest BCUT2D eigenvalue weighted by Crippen LogP contribution is -1.94. The fourth-order valence-electron chi connectivity index (χ4n) is 3.59. The third-order valence-corrected chi connectivity index (χ3v) is 7.12. The van der Waals surface area contributed by atoms with Crippen LogP contribution < -0.4 is 10.6 Å². The summed E-state index contributed by atoms with van der Waals surface area (Å²) < 4.78 is 26.6. The van der Waals surface area contributed by atoms with Gasteiger partial charge in [-0.3, -0.25) is 10.2 Å². The number of H-pyrrole nitrogens is 2. The van der Waals surface area contributed by atoms with Gasteiger partial charge in [0, 0.05) is 45.0 Å². The van der Waals surface area contributed by atoms with Gasteiger partial charge in [0.25, 0.3) is 0 Å². The maximum absolute atomic E-state index is 13.5. The number of anilines is 4. The summed E-state index contributed by atoms with van der Waals surface area (Å²) >= 11 is 2.92. The van der Waals surface area contributed by atoms with Crippen LogP contribution in [-0.2, 0) is 0 Å². The highest BCUT2D eigenvalue weighted by atomic mass is 32.1. The Hall–Kier alpha value is -4.49. The normalized spacial score (nSPS) is 10.7. The average Bonchev–Trinajstić information content (AvgIpc) is 3.70. The highest BCUT2D eigenvalue weighted by Crippen LogP contribution is 2.31. The van der Waals surface area contributed by atoms with E-state index in [0.717, 1.165) is 67.9 Å².